The Morgan fingerprint density at radius 2 is 1.33 bits per heavy atom. The van der Waals surface area contributed by atoms with E-state index < -0.39 is 5.60 Å². The maximum Gasteiger partial charge on any atom is 0.133 e. The standard InChI is InChI=1S/C22H25NO/c24-22(18-20-10-3-1-4-11-20,19-21-12-5-2-6-13-21)14-9-17-23-15-7-8-16-23/h1-6,10-13,24H,7-8,15-19H2. The zero-order valence-electron chi connectivity index (χ0n) is 14.1. The van der Waals surface area contributed by atoms with E-state index in [4.69, 9.17) is 0 Å². The lowest BCUT2D eigenvalue weighted by Gasteiger charge is -2.23. The molecule has 1 aliphatic heterocycles. The van der Waals surface area contributed by atoms with Crippen molar-refractivity contribution in [3.05, 3.63) is 71.8 Å². The summed E-state index contributed by atoms with van der Waals surface area (Å²) < 4.78 is 0. The first-order valence-electron chi connectivity index (χ1n) is 8.76. The quantitative estimate of drug-likeness (QED) is 0.855. The number of benzene rings is 2. The van der Waals surface area contributed by atoms with Crippen LogP contribution in [0.2, 0.25) is 0 Å². The van der Waals surface area contributed by atoms with E-state index in [-0.39, 0.29) is 0 Å². The zero-order valence-corrected chi connectivity index (χ0v) is 14.1. The van der Waals surface area contributed by atoms with Gasteiger partial charge in [-0.1, -0.05) is 72.5 Å². The molecule has 0 atom stereocenters. The van der Waals surface area contributed by atoms with Crippen molar-refractivity contribution in [1.29, 1.82) is 0 Å². The Morgan fingerprint density at radius 3 is 1.83 bits per heavy atom. The Hall–Kier alpha value is -2.08. The maximum atomic E-state index is 11.2. The third kappa shape index (κ3) is 4.96. The van der Waals surface area contributed by atoms with E-state index in [9.17, 15) is 5.11 Å². The highest BCUT2D eigenvalue weighted by Crippen LogP contribution is 2.19. The summed E-state index contributed by atoms with van der Waals surface area (Å²) in [5.74, 6) is 6.42. The molecule has 0 radical (unpaired) electrons. The summed E-state index contributed by atoms with van der Waals surface area (Å²) in [7, 11) is 0. The Morgan fingerprint density at radius 1 is 0.833 bits per heavy atom. The SMILES string of the molecule is OC(C#CCN1CCCC1)(Cc1ccccc1)Cc1ccccc1. The molecule has 0 spiro atoms. The summed E-state index contributed by atoms with van der Waals surface area (Å²) in [4.78, 5) is 2.36. The van der Waals surface area contributed by atoms with Gasteiger partial charge in [-0.25, -0.2) is 0 Å². The third-order valence-electron chi connectivity index (χ3n) is 4.50. The lowest BCUT2D eigenvalue weighted by Crippen LogP contribution is -2.33. The molecule has 2 aromatic rings. The average molecular weight is 319 g/mol. The van der Waals surface area contributed by atoms with Crippen LogP contribution >= 0.6 is 0 Å². The Balaban J connectivity index is 1.75. The van der Waals surface area contributed by atoms with Crippen LogP contribution in [-0.4, -0.2) is 35.2 Å². The summed E-state index contributed by atoms with van der Waals surface area (Å²) in [6.07, 6.45) is 3.63. The van der Waals surface area contributed by atoms with Crippen LogP contribution in [0.5, 0.6) is 0 Å². The molecule has 0 unspecified atom stereocenters. The van der Waals surface area contributed by atoms with Crippen molar-refractivity contribution >= 4 is 0 Å². The minimum absolute atomic E-state index is 0.551. The molecule has 0 aliphatic carbocycles. The van der Waals surface area contributed by atoms with Gasteiger partial charge in [0.15, 0.2) is 0 Å². The van der Waals surface area contributed by atoms with Gasteiger partial charge in [-0.3, -0.25) is 4.90 Å². The molecule has 3 rings (SSSR count). The van der Waals surface area contributed by atoms with Gasteiger partial charge in [0.05, 0.1) is 6.54 Å². The van der Waals surface area contributed by atoms with Crippen LogP contribution in [0.25, 0.3) is 0 Å². The molecule has 1 heterocycles. The molecule has 0 saturated carbocycles. The molecule has 2 nitrogen and oxygen atoms in total. The summed E-state index contributed by atoms with van der Waals surface area (Å²) in [5, 5.41) is 11.2. The zero-order chi connectivity index (χ0) is 16.7. The van der Waals surface area contributed by atoms with Gasteiger partial charge >= 0.3 is 0 Å². The van der Waals surface area contributed by atoms with Crippen LogP contribution in [0.1, 0.15) is 24.0 Å². The largest absolute Gasteiger partial charge is 0.377 e. The Kier molecular flexibility index (Phi) is 5.69. The first kappa shape index (κ1) is 16.8. The second-order valence-corrected chi connectivity index (χ2v) is 6.64. The molecule has 1 N–H and O–H groups in total. The highest BCUT2D eigenvalue weighted by Gasteiger charge is 2.25. The van der Waals surface area contributed by atoms with Crippen LogP contribution in [0.3, 0.4) is 0 Å². The monoisotopic (exact) mass is 319 g/mol. The van der Waals surface area contributed by atoms with Gasteiger partial charge in [0, 0.05) is 12.8 Å². The third-order valence-corrected chi connectivity index (χ3v) is 4.50. The van der Waals surface area contributed by atoms with Crippen LogP contribution in [0, 0.1) is 11.8 Å². The molecule has 0 amide bonds. The molecule has 124 valence electrons. The Labute approximate surface area is 145 Å². The first-order valence-corrected chi connectivity index (χ1v) is 8.76. The number of rotatable bonds is 5. The van der Waals surface area contributed by atoms with Crippen molar-refractivity contribution in [1.82, 2.24) is 4.90 Å². The maximum absolute atomic E-state index is 11.2. The van der Waals surface area contributed by atoms with Crippen molar-refractivity contribution in [3.8, 4) is 11.8 Å². The normalized spacial score (nSPS) is 15.0. The number of hydrogen-bond donors (Lipinski definition) is 1. The van der Waals surface area contributed by atoms with Gasteiger partial charge in [0.1, 0.15) is 5.60 Å². The summed E-state index contributed by atoms with van der Waals surface area (Å²) >= 11 is 0. The molecule has 2 heteroatoms. The van der Waals surface area contributed by atoms with Gasteiger partial charge in [-0.2, -0.15) is 0 Å². The van der Waals surface area contributed by atoms with E-state index in [2.05, 4.69) is 41.0 Å². The minimum atomic E-state index is -1.03. The van der Waals surface area contributed by atoms with Crippen LogP contribution in [0.4, 0.5) is 0 Å². The highest BCUT2D eigenvalue weighted by molar-refractivity contribution is 5.28. The average Bonchev–Trinajstić information content (AvgIpc) is 3.10. The molecule has 2 aromatic carbocycles. The first-order chi connectivity index (χ1) is 11.7. The minimum Gasteiger partial charge on any atom is -0.377 e. The van der Waals surface area contributed by atoms with Crippen molar-refractivity contribution in [3.63, 3.8) is 0 Å². The molecule has 0 aromatic heterocycles. The van der Waals surface area contributed by atoms with E-state index >= 15 is 0 Å². The van der Waals surface area contributed by atoms with Gasteiger partial charge in [0.2, 0.25) is 0 Å². The number of nitrogens with zero attached hydrogens (tertiary/aromatic N) is 1. The van der Waals surface area contributed by atoms with Gasteiger partial charge < -0.3 is 5.11 Å². The fourth-order valence-corrected chi connectivity index (χ4v) is 3.27. The predicted octanol–water partition coefficient (Wildman–Crippen LogP) is 3.30. The molecular formula is C22H25NO. The lowest BCUT2D eigenvalue weighted by molar-refractivity contribution is 0.102. The van der Waals surface area contributed by atoms with Crippen molar-refractivity contribution in [2.24, 2.45) is 0 Å². The van der Waals surface area contributed by atoms with E-state index in [0.717, 1.165) is 30.8 Å². The number of hydrogen-bond acceptors (Lipinski definition) is 2. The number of likely N-dealkylation sites (tertiary alicyclic amines) is 1. The van der Waals surface area contributed by atoms with Crippen molar-refractivity contribution in [2.45, 2.75) is 31.3 Å². The van der Waals surface area contributed by atoms with E-state index in [0.29, 0.717) is 12.8 Å². The lowest BCUT2D eigenvalue weighted by atomic mass is 9.88. The summed E-state index contributed by atoms with van der Waals surface area (Å²) in [6, 6.07) is 20.3. The summed E-state index contributed by atoms with van der Waals surface area (Å²) in [6.45, 7) is 3.01. The Bertz CT molecular complexity index is 637. The fourth-order valence-electron chi connectivity index (χ4n) is 3.27. The predicted molar refractivity (Wildman–Crippen MR) is 98.7 cm³/mol. The molecule has 1 fully saturated rings. The fraction of sp³-hybridized carbons (Fsp3) is 0.364. The van der Waals surface area contributed by atoms with Gasteiger partial charge in [0.25, 0.3) is 0 Å². The second kappa shape index (κ2) is 8.15. The summed E-state index contributed by atoms with van der Waals surface area (Å²) in [5.41, 5.74) is 1.21. The van der Waals surface area contributed by atoms with E-state index in [1.165, 1.54) is 12.8 Å². The topological polar surface area (TPSA) is 23.5 Å². The highest BCUT2D eigenvalue weighted by atomic mass is 16.3. The van der Waals surface area contributed by atoms with Crippen LogP contribution < -0.4 is 0 Å². The molecule has 0 bridgehead atoms. The molecule has 1 aliphatic rings. The molecular weight excluding hydrogens is 294 g/mol. The van der Waals surface area contributed by atoms with Gasteiger partial charge in [-0.05, 0) is 37.1 Å². The molecule has 24 heavy (non-hydrogen) atoms. The van der Waals surface area contributed by atoms with Crippen molar-refractivity contribution in [2.75, 3.05) is 19.6 Å². The smallest absolute Gasteiger partial charge is 0.133 e. The molecule has 1 saturated heterocycles. The van der Waals surface area contributed by atoms with Crippen LogP contribution in [0.15, 0.2) is 60.7 Å². The van der Waals surface area contributed by atoms with Gasteiger partial charge in [-0.15, -0.1) is 0 Å². The van der Waals surface area contributed by atoms with E-state index in [1.807, 2.05) is 36.4 Å². The van der Waals surface area contributed by atoms with E-state index in [1.54, 1.807) is 0 Å². The number of aliphatic hydroxyl groups is 1. The van der Waals surface area contributed by atoms with Crippen molar-refractivity contribution < 1.29 is 5.11 Å². The van der Waals surface area contributed by atoms with Crippen LogP contribution in [-0.2, 0) is 12.8 Å². The second-order valence-electron chi connectivity index (χ2n) is 6.64.